The zero-order valence-electron chi connectivity index (χ0n) is 11.0. The van der Waals surface area contributed by atoms with E-state index < -0.39 is 0 Å². The van der Waals surface area contributed by atoms with E-state index in [1.54, 1.807) is 0 Å². The largest absolute Gasteiger partial charge is 0.490 e. The fourth-order valence-electron chi connectivity index (χ4n) is 1.96. The summed E-state index contributed by atoms with van der Waals surface area (Å²) >= 11 is 0. The van der Waals surface area contributed by atoms with Crippen LogP contribution in [0.1, 0.15) is 44.6 Å². The highest BCUT2D eigenvalue weighted by Crippen LogP contribution is 2.29. The lowest BCUT2D eigenvalue weighted by Crippen LogP contribution is -2.15. The second kappa shape index (κ2) is 5.89. The molecule has 0 aromatic heterocycles. The molecule has 3 nitrogen and oxygen atoms in total. The van der Waals surface area contributed by atoms with Crippen LogP contribution in [0.15, 0.2) is 24.3 Å². The van der Waals surface area contributed by atoms with Crippen molar-refractivity contribution in [2.75, 3.05) is 6.61 Å². The molecule has 1 aliphatic rings. The van der Waals surface area contributed by atoms with Crippen LogP contribution in [0.5, 0.6) is 5.75 Å². The van der Waals surface area contributed by atoms with Gasteiger partial charge in [-0.05, 0) is 43.9 Å². The van der Waals surface area contributed by atoms with Gasteiger partial charge in [-0.25, -0.2) is 0 Å². The summed E-state index contributed by atoms with van der Waals surface area (Å²) in [6.07, 6.45) is 3.40. The van der Waals surface area contributed by atoms with Crippen LogP contribution in [0, 0.1) is 0 Å². The molecule has 1 fully saturated rings. The standard InChI is InChI=1S/C15H20O3/c1-3-14(15(16)17-4-2)11-6-5-7-13(10-11)18-12-8-9-12/h5-7,10,12,14H,3-4,8-9H2,1-2H3. The van der Waals surface area contributed by atoms with Gasteiger partial charge < -0.3 is 9.47 Å². The molecular formula is C15H20O3. The van der Waals surface area contributed by atoms with Gasteiger partial charge in [0.05, 0.1) is 18.6 Å². The summed E-state index contributed by atoms with van der Waals surface area (Å²) in [6, 6.07) is 7.81. The molecule has 1 unspecified atom stereocenters. The van der Waals surface area contributed by atoms with Crippen LogP contribution in [0.4, 0.5) is 0 Å². The number of esters is 1. The second-order valence-corrected chi connectivity index (χ2v) is 4.60. The second-order valence-electron chi connectivity index (χ2n) is 4.60. The lowest BCUT2D eigenvalue weighted by molar-refractivity contribution is -0.145. The molecule has 1 aromatic rings. The molecule has 1 saturated carbocycles. The maximum atomic E-state index is 11.9. The maximum Gasteiger partial charge on any atom is 0.313 e. The molecule has 2 rings (SSSR count). The average molecular weight is 248 g/mol. The van der Waals surface area contributed by atoms with Crippen molar-refractivity contribution in [1.82, 2.24) is 0 Å². The lowest BCUT2D eigenvalue weighted by Gasteiger charge is -2.15. The molecule has 0 aliphatic heterocycles. The van der Waals surface area contributed by atoms with E-state index in [0.29, 0.717) is 12.7 Å². The Hall–Kier alpha value is -1.51. The minimum Gasteiger partial charge on any atom is -0.490 e. The number of rotatable bonds is 6. The van der Waals surface area contributed by atoms with Crippen molar-refractivity contribution in [2.45, 2.75) is 45.1 Å². The molecule has 1 atom stereocenters. The maximum absolute atomic E-state index is 11.9. The topological polar surface area (TPSA) is 35.5 Å². The summed E-state index contributed by atoms with van der Waals surface area (Å²) < 4.78 is 10.9. The van der Waals surface area contributed by atoms with Crippen molar-refractivity contribution in [3.8, 4) is 5.75 Å². The van der Waals surface area contributed by atoms with Gasteiger partial charge in [0, 0.05) is 0 Å². The van der Waals surface area contributed by atoms with Crippen molar-refractivity contribution < 1.29 is 14.3 Å². The van der Waals surface area contributed by atoms with E-state index in [4.69, 9.17) is 9.47 Å². The van der Waals surface area contributed by atoms with Crippen LogP contribution in [0.25, 0.3) is 0 Å². The Balaban J connectivity index is 2.11. The lowest BCUT2D eigenvalue weighted by atomic mass is 9.96. The summed E-state index contributed by atoms with van der Waals surface area (Å²) in [4.78, 5) is 11.9. The van der Waals surface area contributed by atoms with E-state index >= 15 is 0 Å². The number of hydrogen-bond acceptors (Lipinski definition) is 3. The van der Waals surface area contributed by atoms with Crippen molar-refractivity contribution in [1.29, 1.82) is 0 Å². The van der Waals surface area contributed by atoms with Crippen molar-refractivity contribution in [2.24, 2.45) is 0 Å². The molecule has 0 N–H and O–H groups in total. The SMILES string of the molecule is CCOC(=O)C(CC)c1cccc(OC2CC2)c1. The highest BCUT2D eigenvalue weighted by Gasteiger charge is 2.24. The van der Waals surface area contributed by atoms with E-state index in [1.807, 2.05) is 38.1 Å². The van der Waals surface area contributed by atoms with Crippen LogP contribution in [-0.4, -0.2) is 18.7 Å². The molecular weight excluding hydrogens is 228 g/mol. The molecule has 1 aliphatic carbocycles. The summed E-state index contributed by atoms with van der Waals surface area (Å²) in [7, 11) is 0. The third kappa shape index (κ3) is 3.25. The Bertz CT molecular complexity index is 410. The molecule has 3 heteroatoms. The van der Waals surface area contributed by atoms with E-state index in [2.05, 4.69) is 0 Å². The minimum atomic E-state index is -0.187. The Morgan fingerprint density at radius 3 is 2.78 bits per heavy atom. The van der Waals surface area contributed by atoms with Crippen LogP contribution in [0.3, 0.4) is 0 Å². The van der Waals surface area contributed by atoms with Crippen molar-refractivity contribution >= 4 is 5.97 Å². The van der Waals surface area contributed by atoms with E-state index in [9.17, 15) is 4.79 Å². The Morgan fingerprint density at radius 1 is 1.39 bits per heavy atom. The highest BCUT2D eigenvalue weighted by molar-refractivity contribution is 5.78. The molecule has 0 saturated heterocycles. The molecule has 1 aromatic carbocycles. The average Bonchev–Trinajstić information content (AvgIpc) is 3.15. The monoisotopic (exact) mass is 248 g/mol. The zero-order chi connectivity index (χ0) is 13.0. The van der Waals surface area contributed by atoms with Crippen LogP contribution < -0.4 is 4.74 Å². The Kier molecular flexibility index (Phi) is 4.24. The van der Waals surface area contributed by atoms with Gasteiger partial charge in [-0.1, -0.05) is 19.1 Å². The van der Waals surface area contributed by atoms with E-state index in [0.717, 1.165) is 30.6 Å². The Morgan fingerprint density at radius 2 is 2.17 bits per heavy atom. The molecule has 0 spiro atoms. The van der Waals surface area contributed by atoms with Crippen LogP contribution >= 0.6 is 0 Å². The quantitative estimate of drug-likeness (QED) is 0.725. The third-order valence-electron chi connectivity index (χ3n) is 3.07. The number of carbonyl (C=O) groups is 1. The predicted octanol–water partition coefficient (Wildman–Crippen LogP) is 3.28. The molecule has 0 heterocycles. The molecule has 98 valence electrons. The number of benzene rings is 1. The van der Waals surface area contributed by atoms with Gasteiger partial charge in [-0.3, -0.25) is 4.79 Å². The van der Waals surface area contributed by atoms with Gasteiger partial charge in [-0.15, -0.1) is 0 Å². The number of ether oxygens (including phenoxy) is 2. The van der Waals surface area contributed by atoms with Crippen molar-refractivity contribution in [3.63, 3.8) is 0 Å². The molecule has 0 amide bonds. The van der Waals surface area contributed by atoms with Gasteiger partial charge in [0.2, 0.25) is 0 Å². The van der Waals surface area contributed by atoms with Gasteiger partial charge in [0.1, 0.15) is 5.75 Å². The summed E-state index contributed by atoms with van der Waals surface area (Å²) in [5.74, 6) is 0.522. The normalized spacial score (nSPS) is 16.1. The summed E-state index contributed by atoms with van der Waals surface area (Å²) in [5, 5.41) is 0. The van der Waals surface area contributed by atoms with Gasteiger partial charge in [-0.2, -0.15) is 0 Å². The molecule has 18 heavy (non-hydrogen) atoms. The number of hydrogen-bond donors (Lipinski definition) is 0. The first-order valence-electron chi connectivity index (χ1n) is 6.67. The van der Waals surface area contributed by atoms with Crippen molar-refractivity contribution in [3.05, 3.63) is 29.8 Å². The minimum absolute atomic E-state index is 0.149. The smallest absolute Gasteiger partial charge is 0.313 e. The van der Waals surface area contributed by atoms with E-state index in [1.165, 1.54) is 0 Å². The number of carbonyl (C=O) groups excluding carboxylic acids is 1. The first-order chi connectivity index (χ1) is 8.74. The zero-order valence-corrected chi connectivity index (χ0v) is 11.0. The Labute approximate surface area is 108 Å². The van der Waals surface area contributed by atoms with E-state index in [-0.39, 0.29) is 11.9 Å². The van der Waals surface area contributed by atoms with Gasteiger partial charge >= 0.3 is 5.97 Å². The predicted molar refractivity (Wildman–Crippen MR) is 69.8 cm³/mol. The highest BCUT2D eigenvalue weighted by atomic mass is 16.5. The van der Waals surface area contributed by atoms with Gasteiger partial charge in [0.15, 0.2) is 0 Å². The first kappa shape index (κ1) is 12.9. The van der Waals surface area contributed by atoms with Gasteiger partial charge in [0.25, 0.3) is 0 Å². The fraction of sp³-hybridized carbons (Fsp3) is 0.533. The molecule has 0 radical (unpaired) electrons. The fourth-order valence-corrected chi connectivity index (χ4v) is 1.96. The van der Waals surface area contributed by atoms with Crippen LogP contribution in [0.2, 0.25) is 0 Å². The summed E-state index contributed by atoms with van der Waals surface area (Å²) in [6.45, 7) is 4.25. The molecule has 0 bridgehead atoms. The summed E-state index contributed by atoms with van der Waals surface area (Å²) in [5.41, 5.74) is 0.981. The first-order valence-corrected chi connectivity index (χ1v) is 6.67. The third-order valence-corrected chi connectivity index (χ3v) is 3.07. The van der Waals surface area contributed by atoms with Crippen LogP contribution in [-0.2, 0) is 9.53 Å².